The zero-order valence-electron chi connectivity index (χ0n) is 11.6. The van der Waals surface area contributed by atoms with Gasteiger partial charge in [0.1, 0.15) is 5.75 Å². The minimum absolute atomic E-state index is 0.0792. The molecule has 0 aliphatic carbocycles. The van der Waals surface area contributed by atoms with Crippen LogP contribution in [0.15, 0.2) is 36.4 Å². The Balaban J connectivity index is 2.20. The first kappa shape index (κ1) is 14.6. The fraction of sp³-hybridized carbons (Fsp3) is 0.133. The summed E-state index contributed by atoms with van der Waals surface area (Å²) in [7, 11) is 2.88. The predicted octanol–water partition coefficient (Wildman–Crippen LogP) is 2.68. The van der Waals surface area contributed by atoms with Crippen molar-refractivity contribution in [3.8, 4) is 11.5 Å². The predicted molar refractivity (Wildman–Crippen MR) is 78.3 cm³/mol. The molecule has 0 saturated carbocycles. The van der Waals surface area contributed by atoms with Gasteiger partial charge in [-0.25, -0.2) is 4.39 Å². The molecule has 5 nitrogen and oxygen atoms in total. The number of nitrogens with one attached hydrogen (secondary N) is 1. The van der Waals surface area contributed by atoms with Crippen LogP contribution in [0.4, 0.5) is 15.8 Å². The SMILES string of the molecule is COc1ccc(NC(=O)c2ccc(OC)c(F)c2)c(N)c1. The van der Waals surface area contributed by atoms with Crippen LogP contribution in [0, 0.1) is 5.82 Å². The molecule has 0 aliphatic heterocycles. The minimum atomic E-state index is -0.604. The van der Waals surface area contributed by atoms with Crippen LogP contribution in [-0.4, -0.2) is 20.1 Å². The lowest BCUT2D eigenvalue weighted by Crippen LogP contribution is -2.13. The normalized spacial score (nSPS) is 10.0. The van der Waals surface area contributed by atoms with Crippen molar-refractivity contribution in [3.05, 3.63) is 47.8 Å². The number of amides is 1. The third-order valence-electron chi connectivity index (χ3n) is 2.92. The van der Waals surface area contributed by atoms with Gasteiger partial charge in [-0.15, -0.1) is 0 Å². The number of ether oxygens (including phenoxy) is 2. The fourth-order valence-electron chi connectivity index (χ4n) is 1.78. The second kappa shape index (κ2) is 6.13. The van der Waals surface area contributed by atoms with Gasteiger partial charge >= 0.3 is 0 Å². The Hall–Kier alpha value is -2.76. The summed E-state index contributed by atoms with van der Waals surface area (Å²) >= 11 is 0. The largest absolute Gasteiger partial charge is 0.497 e. The van der Waals surface area contributed by atoms with Gasteiger partial charge in [-0.05, 0) is 30.3 Å². The highest BCUT2D eigenvalue weighted by molar-refractivity contribution is 6.05. The van der Waals surface area contributed by atoms with Gasteiger partial charge in [0.05, 0.1) is 25.6 Å². The topological polar surface area (TPSA) is 73.6 Å². The summed E-state index contributed by atoms with van der Waals surface area (Å²) in [5.74, 6) is -0.405. The van der Waals surface area contributed by atoms with Gasteiger partial charge in [-0.2, -0.15) is 0 Å². The van der Waals surface area contributed by atoms with Gasteiger partial charge in [0.15, 0.2) is 11.6 Å². The van der Waals surface area contributed by atoms with Crippen LogP contribution in [0.1, 0.15) is 10.4 Å². The zero-order valence-corrected chi connectivity index (χ0v) is 11.6. The maximum absolute atomic E-state index is 13.6. The third kappa shape index (κ3) is 3.22. The monoisotopic (exact) mass is 290 g/mol. The Morgan fingerprint density at radius 2 is 1.90 bits per heavy atom. The van der Waals surface area contributed by atoms with Gasteiger partial charge in [0.25, 0.3) is 5.91 Å². The molecule has 0 bridgehead atoms. The second-order valence-electron chi connectivity index (χ2n) is 4.26. The van der Waals surface area contributed by atoms with Crippen molar-refractivity contribution in [3.63, 3.8) is 0 Å². The molecule has 6 heteroatoms. The lowest BCUT2D eigenvalue weighted by Gasteiger charge is -2.10. The molecule has 2 aromatic carbocycles. The summed E-state index contributed by atoms with van der Waals surface area (Å²) in [5.41, 5.74) is 6.77. The van der Waals surface area contributed by atoms with Crippen LogP contribution < -0.4 is 20.5 Å². The summed E-state index contributed by atoms with van der Waals surface area (Å²) < 4.78 is 23.4. The maximum atomic E-state index is 13.6. The van der Waals surface area contributed by atoms with E-state index in [2.05, 4.69) is 5.32 Å². The third-order valence-corrected chi connectivity index (χ3v) is 2.92. The van der Waals surface area contributed by atoms with Crippen LogP contribution in [0.3, 0.4) is 0 Å². The molecule has 110 valence electrons. The van der Waals surface area contributed by atoms with Crippen molar-refractivity contribution in [1.82, 2.24) is 0 Å². The molecule has 0 unspecified atom stereocenters. The van der Waals surface area contributed by atoms with E-state index in [0.717, 1.165) is 6.07 Å². The molecule has 2 aromatic rings. The van der Waals surface area contributed by atoms with Gasteiger partial charge in [-0.1, -0.05) is 0 Å². The Bertz CT molecular complexity index is 674. The van der Waals surface area contributed by atoms with Crippen molar-refractivity contribution < 1.29 is 18.7 Å². The van der Waals surface area contributed by atoms with E-state index in [1.165, 1.54) is 26.4 Å². The fourth-order valence-corrected chi connectivity index (χ4v) is 1.78. The molecule has 0 radical (unpaired) electrons. The van der Waals surface area contributed by atoms with Crippen molar-refractivity contribution in [2.75, 3.05) is 25.3 Å². The van der Waals surface area contributed by atoms with Crippen LogP contribution in [0.2, 0.25) is 0 Å². The number of hydrogen-bond acceptors (Lipinski definition) is 4. The number of nitrogens with two attached hydrogens (primary N) is 1. The summed E-state index contributed by atoms with van der Waals surface area (Å²) in [6, 6.07) is 8.84. The van der Waals surface area contributed by atoms with Gasteiger partial charge in [0.2, 0.25) is 0 Å². The van der Waals surface area contributed by atoms with Crippen molar-refractivity contribution >= 4 is 17.3 Å². The Morgan fingerprint density at radius 1 is 1.14 bits per heavy atom. The summed E-state index contributed by atoms with van der Waals surface area (Å²) in [6.07, 6.45) is 0. The highest BCUT2D eigenvalue weighted by atomic mass is 19.1. The van der Waals surface area contributed by atoms with E-state index in [-0.39, 0.29) is 11.3 Å². The first-order valence-corrected chi connectivity index (χ1v) is 6.13. The van der Waals surface area contributed by atoms with Crippen molar-refractivity contribution in [2.24, 2.45) is 0 Å². The van der Waals surface area contributed by atoms with Crippen LogP contribution in [0.5, 0.6) is 11.5 Å². The molecule has 21 heavy (non-hydrogen) atoms. The molecular formula is C15H15FN2O3. The number of carbonyl (C=O) groups is 1. The zero-order chi connectivity index (χ0) is 15.4. The summed E-state index contributed by atoms with van der Waals surface area (Å²) in [6.45, 7) is 0. The van der Waals surface area contributed by atoms with Gasteiger partial charge in [-0.3, -0.25) is 4.79 Å². The maximum Gasteiger partial charge on any atom is 0.255 e. The number of carbonyl (C=O) groups excluding carboxylic acids is 1. The number of nitrogen functional groups attached to an aromatic ring is 1. The number of benzene rings is 2. The molecule has 0 aromatic heterocycles. The van der Waals surface area contributed by atoms with E-state index < -0.39 is 11.7 Å². The number of halogens is 1. The lowest BCUT2D eigenvalue weighted by molar-refractivity contribution is 0.102. The highest BCUT2D eigenvalue weighted by Gasteiger charge is 2.12. The number of methoxy groups -OCH3 is 2. The molecule has 0 heterocycles. The summed E-state index contributed by atoms with van der Waals surface area (Å²) in [4.78, 5) is 12.1. The minimum Gasteiger partial charge on any atom is -0.497 e. The summed E-state index contributed by atoms with van der Waals surface area (Å²) in [5, 5.41) is 2.62. The molecule has 0 aliphatic rings. The first-order chi connectivity index (χ1) is 10.0. The van der Waals surface area contributed by atoms with E-state index in [9.17, 15) is 9.18 Å². The average molecular weight is 290 g/mol. The highest BCUT2D eigenvalue weighted by Crippen LogP contribution is 2.25. The molecule has 1 amide bonds. The smallest absolute Gasteiger partial charge is 0.255 e. The van der Waals surface area contributed by atoms with Crippen molar-refractivity contribution in [2.45, 2.75) is 0 Å². The van der Waals surface area contributed by atoms with E-state index in [0.29, 0.717) is 17.1 Å². The molecule has 3 N–H and O–H groups in total. The number of anilines is 2. The standard InChI is InChI=1S/C15H15FN2O3/c1-20-10-4-5-13(12(17)8-10)18-15(19)9-3-6-14(21-2)11(16)7-9/h3-8H,17H2,1-2H3,(H,18,19). The van der Waals surface area contributed by atoms with E-state index >= 15 is 0 Å². The van der Waals surface area contributed by atoms with Gasteiger partial charge < -0.3 is 20.5 Å². The Morgan fingerprint density at radius 3 is 2.48 bits per heavy atom. The van der Waals surface area contributed by atoms with E-state index in [1.54, 1.807) is 18.2 Å². The Labute approximate surface area is 121 Å². The van der Waals surface area contributed by atoms with Crippen molar-refractivity contribution in [1.29, 1.82) is 0 Å². The lowest BCUT2D eigenvalue weighted by atomic mass is 10.2. The Kier molecular flexibility index (Phi) is 4.27. The second-order valence-corrected chi connectivity index (χ2v) is 4.26. The molecule has 0 atom stereocenters. The molecule has 2 rings (SSSR count). The number of rotatable bonds is 4. The van der Waals surface area contributed by atoms with Gasteiger partial charge in [0, 0.05) is 11.6 Å². The molecule has 0 spiro atoms. The van der Waals surface area contributed by atoms with E-state index in [1.807, 2.05) is 0 Å². The van der Waals surface area contributed by atoms with Crippen LogP contribution in [-0.2, 0) is 0 Å². The average Bonchev–Trinajstić information content (AvgIpc) is 2.49. The quantitative estimate of drug-likeness (QED) is 0.849. The van der Waals surface area contributed by atoms with E-state index in [4.69, 9.17) is 15.2 Å². The first-order valence-electron chi connectivity index (χ1n) is 6.13. The van der Waals surface area contributed by atoms with Crippen LogP contribution >= 0.6 is 0 Å². The molecule has 0 fully saturated rings. The van der Waals surface area contributed by atoms with Crippen LogP contribution in [0.25, 0.3) is 0 Å². The number of hydrogen-bond donors (Lipinski definition) is 2. The molecule has 0 saturated heterocycles. The molecular weight excluding hydrogens is 275 g/mol.